The molecule has 3 aromatic rings. The molecule has 2 aromatic heterocycles. The third-order valence-electron chi connectivity index (χ3n) is 3.56. The summed E-state index contributed by atoms with van der Waals surface area (Å²) in [6.07, 6.45) is 1.52. The van der Waals surface area contributed by atoms with Gasteiger partial charge in [-0.05, 0) is 30.3 Å². The fourth-order valence-corrected chi connectivity index (χ4v) is 3.81. The summed E-state index contributed by atoms with van der Waals surface area (Å²) in [6, 6.07) is 10.3. The van der Waals surface area contributed by atoms with Crippen molar-refractivity contribution in [3.8, 4) is 11.7 Å². The lowest BCUT2D eigenvalue weighted by atomic mass is 10.1. The van der Waals surface area contributed by atoms with Crippen molar-refractivity contribution in [1.29, 1.82) is 0 Å². The van der Waals surface area contributed by atoms with Crippen LogP contribution in [-0.2, 0) is 4.79 Å². The third kappa shape index (κ3) is 2.22. The topological polar surface area (TPSA) is 84.5 Å². The van der Waals surface area contributed by atoms with Gasteiger partial charge in [0.1, 0.15) is 10.7 Å². The maximum atomic E-state index is 12.3. The van der Waals surface area contributed by atoms with Crippen molar-refractivity contribution in [3.63, 3.8) is 0 Å². The van der Waals surface area contributed by atoms with E-state index in [-0.39, 0.29) is 16.3 Å². The number of aromatic hydroxyl groups is 1. The predicted molar refractivity (Wildman–Crippen MR) is 91.8 cm³/mol. The number of pyridine rings is 1. The number of fused-ring (bicyclic) bond motifs is 1. The van der Waals surface area contributed by atoms with Gasteiger partial charge in [0.15, 0.2) is 0 Å². The molecule has 0 radical (unpaired) electrons. The first-order valence-corrected chi connectivity index (χ1v) is 8.47. The number of nitrogens with zero attached hydrogens (tertiary/aromatic N) is 3. The molecule has 0 unspecified atom stereocenters. The second kappa shape index (κ2) is 5.50. The highest BCUT2D eigenvalue weighted by Gasteiger charge is 2.26. The Morgan fingerprint density at radius 1 is 1.17 bits per heavy atom. The maximum Gasteiger partial charge on any atom is 0.316 e. The highest BCUT2D eigenvalue weighted by Crippen LogP contribution is 2.29. The van der Waals surface area contributed by atoms with Crippen molar-refractivity contribution in [2.24, 2.45) is 4.99 Å². The summed E-state index contributed by atoms with van der Waals surface area (Å²) in [7, 11) is 0. The van der Waals surface area contributed by atoms with E-state index >= 15 is 0 Å². The van der Waals surface area contributed by atoms with Crippen molar-refractivity contribution >= 4 is 38.7 Å². The minimum Gasteiger partial charge on any atom is -0.493 e. The number of thiazole rings is 1. The van der Waals surface area contributed by atoms with Gasteiger partial charge in [0.05, 0.1) is 10.9 Å². The molecule has 1 amide bonds. The van der Waals surface area contributed by atoms with Gasteiger partial charge in [-0.2, -0.15) is 0 Å². The Morgan fingerprint density at radius 2 is 2.00 bits per heavy atom. The smallest absolute Gasteiger partial charge is 0.316 e. The van der Waals surface area contributed by atoms with Crippen LogP contribution in [0.1, 0.15) is 4.88 Å². The number of benzene rings is 1. The Balaban J connectivity index is 2.04. The molecule has 1 aromatic carbocycles. The molecule has 1 aliphatic heterocycles. The number of amides is 1. The van der Waals surface area contributed by atoms with Crippen LogP contribution in [0.25, 0.3) is 11.4 Å². The van der Waals surface area contributed by atoms with Gasteiger partial charge in [0, 0.05) is 15.9 Å². The average Bonchev–Trinajstić information content (AvgIpc) is 3.03. The van der Waals surface area contributed by atoms with Crippen LogP contribution in [-0.4, -0.2) is 20.6 Å². The quantitative estimate of drug-likeness (QED) is 0.697. The second-order valence-electron chi connectivity index (χ2n) is 5.00. The SMILES string of the molecule is O=C1N=c2ccc(Br)cc2=C1c1sc(=O)n(-c2ccccn2)c1O. The number of carbonyl (C=O) groups excluding carboxylic acids is 1. The van der Waals surface area contributed by atoms with E-state index in [1.54, 1.807) is 36.4 Å². The second-order valence-corrected chi connectivity index (χ2v) is 6.87. The van der Waals surface area contributed by atoms with E-state index in [0.29, 0.717) is 16.4 Å². The van der Waals surface area contributed by atoms with Crippen LogP contribution in [0.2, 0.25) is 0 Å². The molecule has 0 saturated heterocycles. The van der Waals surface area contributed by atoms with Crippen molar-refractivity contribution in [2.75, 3.05) is 0 Å². The van der Waals surface area contributed by atoms with Crippen LogP contribution in [0, 0.1) is 0 Å². The first-order valence-electron chi connectivity index (χ1n) is 6.86. The van der Waals surface area contributed by atoms with E-state index in [9.17, 15) is 14.7 Å². The Labute approximate surface area is 147 Å². The zero-order valence-electron chi connectivity index (χ0n) is 11.9. The Hall–Kier alpha value is -2.58. The molecular weight excluding hydrogens is 394 g/mol. The summed E-state index contributed by atoms with van der Waals surface area (Å²) in [6.45, 7) is 0. The lowest BCUT2D eigenvalue weighted by Crippen LogP contribution is -2.22. The van der Waals surface area contributed by atoms with Crippen molar-refractivity contribution in [1.82, 2.24) is 9.55 Å². The summed E-state index contributed by atoms with van der Waals surface area (Å²) >= 11 is 4.15. The molecule has 118 valence electrons. The molecule has 0 spiro atoms. The van der Waals surface area contributed by atoms with E-state index in [2.05, 4.69) is 25.9 Å². The van der Waals surface area contributed by atoms with E-state index in [1.165, 1.54) is 6.20 Å². The van der Waals surface area contributed by atoms with Gasteiger partial charge in [-0.25, -0.2) is 14.5 Å². The van der Waals surface area contributed by atoms with Crippen LogP contribution >= 0.6 is 27.3 Å². The molecule has 0 bridgehead atoms. The summed E-state index contributed by atoms with van der Waals surface area (Å²) < 4.78 is 1.86. The summed E-state index contributed by atoms with van der Waals surface area (Å²) in [5, 5.41) is 11.6. The standard InChI is InChI=1S/C16H8BrN3O3S/c17-8-4-5-10-9(7-8)12(14(21)19-10)13-15(22)20(16(23)24-13)11-3-1-2-6-18-11/h1-7,22H. The van der Waals surface area contributed by atoms with Gasteiger partial charge >= 0.3 is 4.87 Å². The van der Waals surface area contributed by atoms with Gasteiger partial charge in [-0.1, -0.05) is 33.3 Å². The Kier molecular flexibility index (Phi) is 3.43. The first-order chi connectivity index (χ1) is 11.6. The van der Waals surface area contributed by atoms with E-state index < -0.39 is 10.8 Å². The van der Waals surface area contributed by atoms with Crippen LogP contribution in [0.15, 0.2) is 56.9 Å². The fourth-order valence-electron chi connectivity index (χ4n) is 2.52. The van der Waals surface area contributed by atoms with Crippen LogP contribution in [0.4, 0.5) is 0 Å². The average molecular weight is 402 g/mol. The molecule has 1 aliphatic rings. The molecule has 0 fully saturated rings. The number of hydrogen-bond acceptors (Lipinski definition) is 5. The van der Waals surface area contributed by atoms with Crippen molar-refractivity contribution < 1.29 is 9.90 Å². The molecule has 4 rings (SSSR count). The molecule has 0 saturated carbocycles. The van der Waals surface area contributed by atoms with Crippen LogP contribution < -0.4 is 15.4 Å². The van der Waals surface area contributed by atoms with Crippen LogP contribution in [0.3, 0.4) is 0 Å². The number of halogens is 1. The molecule has 0 atom stereocenters. The number of hydrogen-bond donors (Lipinski definition) is 1. The predicted octanol–water partition coefficient (Wildman–Crippen LogP) is 1.12. The Bertz CT molecular complexity index is 1170. The molecular formula is C16H8BrN3O3S. The summed E-state index contributed by atoms with van der Waals surface area (Å²) in [4.78, 5) is 32.4. The summed E-state index contributed by atoms with van der Waals surface area (Å²) in [5.74, 6) is -0.497. The molecule has 1 N–H and O–H groups in total. The van der Waals surface area contributed by atoms with E-state index in [0.717, 1.165) is 20.4 Å². The highest BCUT2D eigenvalue weighted by atomic mass is 79.9. The van der Waals surface area contributed by atoms with Gasteiger partial charge in [-0.3, -0.25) is 9.59 Å². The fraction of sp³-hybridized carbons (Fsp3) is 0. The number of rotatable bonds is 2. The van der Waals surface area contributed by atoms with Crippen LogP contribution in [0.5, 0.6) is 5.88 Å². The number of carbonyl (C=O) groups is 1. The zero-order chi connectivity index (χ0) is 16.8. The lowest BCUT2D eigenvalue weighted by molar-refractivity contribution is -0.112. The normalized spacial score (nSPS) is 13.0. The molecule has 0 aliphatic carbocycles. The van der Waals surface area contributed by atoms with Gasteiger partial charge in [0.2, 0.25) is 5.88 Å². The van der Waals surface area contributed by atoms with Gasteiger partial charge in [0.25, 0.3) is 5.91 Å². The third-order valence-corrected chi connectivity index (χ3v) is 5.00. The monoisotopic (exact) mass is 401 g/mol. The van der Waals surface area contributed by atoms with E-state index in [1.807, 2.05) is 0 Å². The Morgan fingerprint density at radius 3 is 2.75 bits per heavy atom. The number of aromatic nitrogens is 2. The van der Waals surface area contributed by atoms with Crippen molar-refractivity contribution in [2.45, 2.75) is 0 Å². The summed E-state index contributed by atoms with van der Waals surface area (Å²) in [5.41, 5.74) is 0.223. The minimum absolute atomic E-state index is 0.191. The van der Waals surface area contributed by atoms with Crippen molar-refractivity contribution in [3.05, 3.63) is 72.2 Å². The van der Waals surface area contributed by atoms with Gasteiger partial charge < -0.3 is 5.11 Å². The van der Waals surface area contributed by atoms with E-state index in [4.69, 9.17) is 0 Å². The molecule has 3 heterocycles. The zero-order valence-corrected chi connectivity index (χ0v) is 14.3. The van der Waals surface area contributed by atoms with Gasteiger partial charge in [-0.15, -0.1) is 0 Å². The lowest BCUT2D eigenvalue weighted by Gasteiger charge is -2.02. The largest absolute Gasteiger partial charge is 0.493 e. The highest BCUT2D eigenvalue weighted by molar-refractivity contribution is 9.10. The minimum atomic E-state index is -0.479. The molecule has 6 nitrogen and oxygen atoms in total. The first kappa shape index (κ1) is 15.0. The molecule has 24 heavy (non-hydrogen) atoms. The molecule has 8 heteroatoms. The maximum absolute atomic E-state index is 12.3.